The number of rotatable bonds is 6. The molecular weight excluding hydrogens is 446 g/mol. The maximum atomic E-state index is 13.2. The van der Waals surface area contributed by atoms with E-state index in [2.05, 4.69) is 20.1 Å². The number of thioether (sulfide) groups is 1. The fourth-order valence-electron chi connectivity index (χ4n) is 3.60. The van der Waals surface area contributed by atoms with Crippen LogP contribution in [0.5, 0.6) is 0 Å². The first kappa shape index (κ1) is 21.2. The van der Waals surface area contributed by atoms with Crippen LogP contribution in [0.1, 0.15) is 31.7 Å². The highest BCUT2D eigenvalue weighted by Gasteiger charge is 2.26. The molecule has 0 radical (unpaired) electrons. The number of hydrogen-bond donors (Lipinski definition) is 1. The second-order valence-electron chi connectivity index (χ2n) is 7.06. The number of carbonyl (C=O) groups excluding carboxylic acids is 1. The van der Waals surface area contributed by atoms with Gasteiger partial charge >= 0.3 is 0 Å². The molecule has 1 heterocycles. The highest BCUT2D eigenvalue weighted by atomic mass is 35.5. The van der Waals surface area contributed by atoms with Gasteiger partial charge in [-0.1, -0.05) is 59.9 Å². The molecule has 1 aliphatic carbocycles. The Balaban J connectivity index is 1.54. The Morgan fingerprint density at radius 1 is 1.13 bits per heavy atom. The molecule has 0 bridgehead atoms. The van der Waals surface area contributed by atoms with E-state index in [1.54, 1.807) is 0 Å². The van der Waals surface area contributed by atoms with E-state index in [0.717, 1.165) is 43.1 Å². The van der Waals surface area contributed by atoms with E-state index in [1.165, 1.54) is 23.9 Å². The van der Waals surface area contributed by atoms with Crippen molar-refractivity contribution in [1.82, 2.24) is 14.8 Å². The van der Waals surface area contributed by atoms with Gasteiger partial charge in [-0.3, -0.25) is 9.36 Å². The molecule has 0 unspecified atom stereocenters. The Hall–Kier alpha value is -2.09. The van der Waals surface area contributed by atoms with Gasteiger partial charge in [-0.15, -0.1) is 10.2 Å². The second-order valence-corrected chi connectivity index (χ2v) is 8.81. The van der Waals surface area contributed by atoms with Crippen LogP contribution in [-0.4, -0.2) is 26.4 Å². The third-order valence-electron chi connectivity index (χ3n) is 5.01. The first-order chi connectivity index (χ1) is 14.5. The maximum absolute atomic E-state index is 13.2. The average molecular weight is 465 g/mol. The monoisotopic (exact) mass is 464 g/mol. The highest BCUT2D eigenvalue weighted by molar-refractivity contribution is 7.99. The van der Waals surface area contributed by atoms with Crippen molar-refractivity contribution in [3.63, 3.8) is 0 Å². The molecule has 1 saturated carbocycles. The molecule has 2 aromatic carbocycles. The van der Waals surface area contributed by atoms with Gasteiger partial charge in [0.15, 0.2) is 11.0 Å². The molecule has 0 atom stereocenters. The van der Waals surface area contributed by atoms with Gasteiger partial charge in [-0.25, -0.2) is 4.39 Å². The van der Waals surface area contributed by atoms with Crippen molar-refractivity contribution >= 4 is 46.6 Å². The third kappa shape index (κ3) is 4.63. The third-order valence-corrected chi connectivity index (χ3v) is 6.59. The molecule has 1 N–H and O–H groups in total. The Bertz CT molecular complexity index is 1070. The number of nitrogens with zero attached hydrogens (tertiary/aromatic N) is 3. The van der Waals surface area contributed by atoms with Crippen molar-refractivity contribution < 1.29 is 9.18 Å². The zero-order chi connectivity index (χ0) is 21.1. The first-order valence-electron chi connectivity index (χ1n) is 9.60. The number of amides is 1. The lowest BCUT2D eigenvalue weighted by Gasteiger charge is -2.17. The van der Waals surface area contributed by atoms with Crippen LogP contribution in [0.25, 0.3) is 11.4 Å². The molecule has 1 fully saturated rings. The quantitative estimate of drug-likeness (QED) is 0.438. The molecule has 9 heteroatoms. The number of aromatic nitrogens is 3. The molecule has 30 heavy (non-hydrogen) atoms. The van der Waals surface area contributed by atoms with E-state index >= 15 is 0 Å². The SMILES string of the molecule is O=C(CSc1nnc(-c2ccccc2Cl)n1C1CCCC1)Nc1ccc(F)cc1Cl. The summed E-state index contributed by atoms with van der Waals surface area (Å²) in [6.07, 6.45) is 4.39. The molecular formula is C21H19Cl2FN4OS. The van der Waals surface area contributed by atoms with Crippen molar-refractivity contribution in [2.45, 2.75) is 36.9 Å². The summed E-state index contributed by atoms with van der Waals surface area (Å²) in [7, 11) is 0. The minimum absolute atomic E-state index is 0.126. The van der Waals surface area contributed by atoms with E-state index in [4.69, 9.17) is 23.2 Å². The van der Waals surface area contributed by atoms with E-state index in [0.29, 0.717) is 15.9 Å². The number of halogens is 3. The van der Waals surface area contributed by atoms with Gasteiger partial charge < -0.3 is 5.32 Å². The largest absolute Gasteiger partial charge is 0.324 e. The lowest BCUT2D eigenvalue weighted by molar-refractivity contribution is -0.113. The molecule has 0 saturated heterocycles. The van der Waals surface area contributed by atoms with E-state index in [-0.39, 0.29) is 22.7 Å². The zero-order valence-electron chi connectivity index (χ0n) is 15.9. The van der Waals surface area contributed by atoms with E-state index in [9.17, 15) is 9.18 Å². The van der Waals surface area contributed by atoms with Crippen molar-refractivity contribution in [3.05, 3.63) is 58.3 Å². The van der Waals surface area contributed by atoms with Crippen LogP contribution in [0.3, 0.4) is 0 Å². The lowest BCUT2D eigenvalue weighted by Crippen LogP contribution is -2.15. The van der Waals surface area contributed by atoms with Gasteiger partial charge in [0.2, 0.25) is 5.91 Å². The Labute approximate surface area is 188 Å². The minimum atomic E-state index is -0.454. The Morgan fingerprint density at radius 2 is 1.90 bits per heavy atom. The summed E-state index contributed by atoms with van der Waals surface area (Å²) < 4.78 is 15.3. The summed E-state index contributed by atoms with van der Waals surface area (Å²) in [4.78, 5) is 12.4. The van der Waals surface area contributed by atoms with Crippen molar-refractivity contribution in [2.75, 3.05) is 11.1 Å². The number of carbonyl (C=O) groups is 1. The standard InChI is InChI=1S/C21H19Cl2FN4OS/c22-16-8-4-3-7-15(16)20-26-27-21(28(20)14-5-1-2-6-14)30-12-19(29)25-18-10-9-13(24)11-17(18)23/h3-4,7-11,14H,1-2,5-6,12H2,(H,25,29). The molecule has 0 spiro atoms. The molecule has 5 nitrogen and oxygen atoms in total. The highest BCUT2D eigenvalue weighted by Crippen LogP contribution is 2.38. The average Bonchev–Trinajstić information content (AvgIpc) is 3.38. The molecule has 1 aliphatic rings. The molecule has 0 aliphatic heterocycles. The summed E-state index contributed by atoms with van der Waals surface area (Å²) in [5.41, 5.74) is 1.20. The Kier molecular flexibility index (Phi) is 6.61. The van der Waals surface area contributed by atoms with Crippen LogP contribution < -0.4 is 5.32 Å². The van der Waals surface area contributed by atoms with Gasteiger partial charge in [-0.2, -0.15) is 0 Å². The van der Waals surface area contributed by atoms with Crippen LogP contribution in [-0.2, 0) is 4.79 Å². The van der Waals surface area contributed by atoms with Gasteiger partial charge in [0, 0.05) is 11.6 Å². The smallest absolute Gasteiger partial charge is 0.234 e. The zero-order valence-corrected chi connectivity index (χ0v) is 18.3. The fraction of sp³-hybridized carbons (Fsp3) is 0.286. The number of hydrogen-bond acceptors (Lipinski definition) is 4. The van der Waals surface area contributed by atoms with E-state index < -0.39 is 5.82 Å². The summed E-state index contributed by atoms with van der Waals surface area (Å²) in [6.45, 7) is 0. The predicted molar refractivity (Wildman–Crippen MR) is 119 cm³/mol. The topological polar surface area (TPSA) is 59.8 Å². The van der Waals surface area contributed by atoms with Crippen LogP contribution in [0, 0.1) is 5.82 Å². The summed E-state index contributed by atoms with van der Waals surface area (Å²) >= 11 is 13.7. The van der Waals surface area contributed by atoms with Gasteiger partial charge in [0.25, 0.3) is 0 Å². The molecule has 1 aromatic heterocycles. The van der Waals surface area contributed by atoms with Gasteiger partial charge in [-0.05, 0) is 43.2 Å². The second kappa shape index (κ2) is 9.37. The molecule has 3 aromatic rings. The normalized spacial score (nSPS) is 14.2. The van der Waals surface area contributed by atoms with Crippen LogP contribution in [0.4, 0.5) is 10.1 Å². The molecule has 4 rings (SSSR count). The van der Waals surface area contributed by atoms with Gasteiger partial charge in [0.1, 0.15) is 5.82 Å². The summed E-state index contributed by atoms with van der Waals surface area (Å²) in [6, 6.07) is 11.7. The molecule has 1 amide bonds. The Morgan fingerprint density at radius 3 is 2.63 bits per heavy atom. The van der Waals surface area contributed by atoms with Crippen LogP contribution in [0.15, 0.2) is 47.6 Å². The van der Waals surface area contributed by atoms with E-state index in [1.807, 2.05) is 24.3 Å². The van der Waals surface area contributed by atoms with Crippen LogP contribution >= 0.6 is 35.0 Å². The fourth-order valence-corrected chi connectivity index (χ4v) is 4.84. The summed E-state index contributed by atoms with van der Waals surface area (Å²) in [5.74, 6) is 0.135. The minimum Gasteiger partial charge on any atom is -0.324 e. The van der Waals surface area contributed by atoms with Gasteiger partial charge in [0.05, 0.1) is 21.5 Å². The van der Waals surface area contributed by atoms with Crippen molar-refractivity contribution in [1.29, 1.82) is 0 Å². The number of anilines is 1. The molecule has 156 valence electrons. The maximum Gasteiger partial charge on any atom is 0.234 e. The lowest BCUT2D eigenvalue weighted by atomic mass is 10.2. The number of benzene rings is 2. The first-order valence-corrected chi connectivity index (χ1v) is 11.3. The van der Waals surface area contributed by atoms with Crippen molar-refractivity contribution in [2.24, 2.45) is 0 Å². The predicted octanol–water partition coefficient (Wildman–Crippen LogP) is 6.24. The van der Waals surface area contributed by atoms with Crippen LogP contribution in [0.2, 0.25) is 10.0 Å². The summed E-state index contributed by atoms with van der Waals surface area (Å²) in [5, 5.41) is 12.9. The number of nitrogens with one attached hydrogen (secondary N) is 1. The van der Waals surface area contributed by atoms with Crippen molar-refractivity contribution in [3.8, 4) is 11.4 Å².